The molecular formula is C22H27N5O4. The molecule has 0 aliphatic carbocycles. The summed E-state index contributed by atoms with van der Waals surface area (Å²) >= 11 is 0. The van der Waals surface area contributed by atoms with Crippen molar-refractivity contribution in [3.63, 3.8) is 0 Å². The summed E-state index contributed by atoms with van der Waals surface area (Å²) in [7, 11) is 4.66. The van der Waals surface area contributed by atoms with E-state index in [9.17, 15) is 4.79 Å². The first-order valence-electron chi connectivity index (χ1n) is 9.88. The Labute approximate surface area is 181 Å². The molecule has 164 valence electrons. The Kier molecular flexibility index (Phi) is 7.07. The second kappa shape index (κ2) is 9.92. The van der Waals surface area contributed by atoms with Gasteiger partial charge in [0.25, 0.3) is 0 Å². The van der Waals surface area contributed by atoms with Gasteiger partial charge < -0.3 is 19.5 Å². The Morgan fingerprint density at radius 1 is 1.00 bits per heavy atom. The number of hydrogen-bond donors (Lipinski definition) is 1. The summed E-state index contributed by atoms with van der Waals surface area (Å²) in [6, 6.07) is 11.5. The van der Waals surface area contributed by atoms with Crippen molar-refractivity contribution >= 4 is 5.91 Å². The fraction of sp³-hybridized carbons (Fsp3) is 0.364. The zero-order valence-corrected chi connectivity index (χ0v) is 18.4. The van der Waals surface area contributed by atoms with Crippen molar-refractivity contribution in [3.8, 4) is 28.6 Å². The predicted molar refractivity (Wildman–Crippen MR) is 115 cm³/mol. The first kappa shape index (κ1) is 22.1. The van der Waals surface area contributed by atoms with Crippen molar-refractivity contribution in [2.75, 3.05) is 21.3 Å². The molecule has 0 bridgehead atoms. The van der Waals surface area contributed by atoms with Gasteiger partial charge in [-0.1, -0.05) is 38.1 Å². The minimum absolute atomic E-state index is 0.0489. The Balaban J connectivity index is 1.63. The Hall–Kier alpha value is -3.62. The zero-order chi connectivity index (χ0) is 22.4. The van der Waals surface area contributed by atoms with Gasteiger partial charge in [0.15, 0.2) is 11.5 Å². The van der Waals surface area contributed by atoms with E-state index in [1.807, 2.05) is 24.3 Å². The number of ether oxygens (including phenoxy) is 3. The van der Waals surface area contributed by atoms with E-state index in [-0.39, 0.29) is 19.0 Å². The topological polar surface area (TPSA) is 100 Å². The second-order valence-electron chi connectivity index (χ2n) is 7.22. The highest BCUT2D eigenvalue weighted by Crippen LogP contribution is 2.34. The van der Waals surface area contributed by atoms with Crippen LogP contribution >= 0.6 is 0 Å². The van der Waals surface area contributed by atoms with Crippen molar-refractivity contribution in [1.82, 2.24) is 25.5 Å². The zero-order valence-electron chi connectivity index (χ0n) is 18.4. The molecule has 9 heteroatoms. The lowest BCUT2D eigenvalue weighted by atomic mass is 10.0. The molecule has 0 aliphatic rings. The van der Waals surface area contributed by atoms with Crippen LogP contribution in [0.3, 0.4) is 0 Å². The molecule has 0 aliphatic heterocycles. The minimum Gasteiger partial charge on any atom is -0.496 e. The molecule has 3 aromatic rings. The van der Waals surface area contributed by atoms with Crippen molar-refractivity contribution in [2.24, 2.45) is 0 Å². The first-order chi connectivity index (χ1) is 14.9. The molecule has 1 N–H and O–H groups in total. The standard InChI is InChI=1S/C22H27N5O4/c1-14(2)15-6-8-16(9-7-15)22-24-26-27(25-22)13-21(28)23-12-17-10-19(30-4)20(31-5)11-18(17)29-3/h6-11,14H,12-13H2,1-5H3,(H,23,28). The number of hydrogen-bond acceptors (Lipinski definition) is 7. The van der Waals surface area contributed by atoms with Crippen LogP contribution in [0.15, 0.2) is 36.4 Å². The van der Waals surface area contributed by atoms with Gasteiger partial charge >= 0.3 is 0 Å². The van der Waals surface area contributed by atoms with Crippen LogP contribution in [0.2, 0.25) is 0 Å². The summed E-state index contributed by atoms with van der Waals surface area (Å²) in [5.41, 5.74) is 2.85. The number of methoxy groups -OCH3 is 3. The van der Waals surface area contributed by atoms with Gasteiger partial charge in [0.05, 0.1) is 21.3 Å². The second-order valence-corrected chi connectivity index (χ2v) is 7.22. The molecule has 0 unspecified atom stereocenters. The van der Waals surface area contributed by atoms with Gasteiger partial charge in [-0.3, -0.25) is 4.79 Å². The van der Waals surface area contributed by atoms with Crippen LogP contribution in [0.4, 0.5) is 0 Å². The number of tetrazole rings is 1. The maximum absolute atomic E-state index is 12.4. The number of nitrogens with zero attached hydrogens (tertiary/aromatic N) is 4. The molecule has 0 radical (unpaired) electrons. The summed E-state index contributed by atoms with van der Waals surface area (Å²) in [6.45, 7) is 4.48. The average Bonchev–Trinajstić information content (AvgIpc) is 3.25. The van der Waals surface area contributed by atoms with E-state index in [1.165, 1.54) is 10.4 Å². The number of amides is 1. The minimum atomic E-state index is -0.254. The number of rotatable bonds is 9. The van der Waals surface area contributed by atoms with Crippen molar-refractivity contribution in [3.05, 3.63) is 47.5 Å². The van der Waals surface area contributed by atoms with Crippen molar-refractivity contribution in [1.29, 1.82) is 0 Å². The quantitative estimate of drug-likeness (QED) is 0.563. The number of carbonyl (C=O) groups excluding carboxylic acids is 1. The molecule has 0 atom stereocenters. The third-order valence-corrected chi connectivity index (χ3v) is 4.84. The summed E-state index contributed by atoms with van der Waals surface area (Å²) in [4.78, 5) is 13.7. The molecule has 1 amide bonds. The van der Waals surface area contributed by atoms with Crippen LogP contribution < -0.4 is 19.5 Å². The number of benzene rings is 2. The molecular weight excluding hydrogens is 398 g/mol. The average molecular weight is 425 g/mol. The van der Waals surface area contributed by atoms with Crippen molar-refractivity contribution < 1.29 is 19.0 Å². The van der Waals surface area contributed by atoms with E-state index in [4.69, 9.17) is 14.2 Å². The highest BCUT2D eigenvalue weighted by molar-refractivity contribution is 5.75. The van der Waals surface area contributed by atoms with Gasteiger partial charge in [-0.05, 0) is 22.8 Å². The summed E-state index contributed by atoms with van der Waals surface area (Å²) in [5.74, 6) is 2.36. The molecule has 9 nitrogen and oxygen atoms in total. The van der Waals surface area contributed by atoms with Crippen LogP contribution in [0.1, 0.15) is 30.9 Å². The van der Waals surface area contributed by atoms with Gasteiger partial charge in [-0.15, -0.1) is 10.2 Å². The summed E-state index contributed by atoms with van der Waals surface area (Å²) in [5, 5.41) is 15.2. The fourth-order valence-electron chi connectivity index (χ4n) is 3.05. The van der Waals surface area contributed by atoms with E-state index in [0.717, 1.165) is 11.1 Å². The summed E-state index contributed by atoms with van der Waals surface area (Å²) < 4.78 is 16.0. The monoisotopic (exact) mass is 425 g/mol. The van der Waals surface area contributed by atoms with Crippen LogP contribution in [0.5, 0.6) is 17.2 Å². The van der Waals surface area contributed by atoms with Crippen LogP contribution in [-0.2, 0) is 17.9 Å². The van der Waals surface area contributed by atoms with Gasteiger partial charge in [0.1, 0.15) is 12.3 Å². The third kappa shape index (κ3) is 5.30. The maximum atomic E-state index is 12.4. The SMILES string of the molecule is COc1cc(OC)c(OC)cc1CNC(=O)Cn1nnc(-c2ccc(C(C)C)cc2)n1. The van der Waals surface area contributed by atoms with E-state index < -0.39 is 0 Å². The molecule has 31 heavy (non-hydrogen) atoms. The molecule has 2 aromatic carbocycles. The van der Waals surface area contributed by atoms with Crippen LogP contribution in [0, 0.1) is 0 Å². The largest absolute Gasteiger partial charge is 0.496 e. The highest BCUT2D eigenvalue weighted by atomic mass is 16.5. The maximum Gasteiger partial charge on any atom is 0.243 e. The lowest BCUT2D eigenvalue weighted by molar-refractivity contribution is -0.122. The van der Waals surface area contributed by atoms with Gasteiger partial charge in [0, 0.05) is 23.7 Å². The lowest BCUT2D eigenvalue weighted by Gasteiger charge is -2.14. The smallest absolute Gasteiger partial charge is 0.243 e. The molecule has 0 saturated carbocycles. The fourth-order valence-corrected chi connectivity index (χ4v) is 3.05. The van der Waals surface area contributed by atoms with Gasteiger partial charge in [0.2, 0.25) is 11.7 Å². The lowest BCUT2D eigenvalue weighted by Crippen LogP contribution is -2.28. The molecule has 3 rings (SSSR count). The number of nitrogens with one attached hydrogen (secondary N) is 1. The van der Waals surface area contributed by atoms with Crippen LogP contribution in [0.25, 0.3) is 11.4 Å². The third-order valence-electron chi connectivity index (χ3n) is 4.84. The Morgan fingerprint density at radius 3 is 2.26 bits per heavy atom. The normalized spacial score (nSPS) is 10.8. The van der Waals surface area contributed by atoms with Gasteiger partial charge in [-0.25, -0.2) is 0 Å². The number of carbonyl (C=O) groups is 1. The van der Waals surface area contributed by atoms with E-state index >= 15 is 0 Å². The molecule has 0 spiro atoms. The molecule has 1 aromatic heterocycles. The Bertz CT molecular complexity index is 1030. The van der Waals surface area contributed by atoms with Gasteiger partial charge in [-0.2, -0.15) is 4.80 Å². The predicted octanol–water partition coefficient (Wildman–Crippen LogP) is 2.81. The Morgan fingerprint density at radius 2 is 1.65 bits per heavy atom. The van der Waals surface area contributed by atoms with E-state index in [2.05, 4.69) is 34.6 Å². The van der Waals surface area contributed by atoms with Crippen LogP contribution in [-0.4, -0.2) is 47.4 Å². The molecule has 1 heterocycles. The molecule has 0 fully saturated rings. The highest BCUT2D eigenvalue weighted by Gasteiger charge is 2.14. The van der Waals surface area contributed by atoms with E-state index in [1.54, 1.807) is 33.5 Å². The summed E-state index contributed by atoms with van der Waals surface area (Å²) in [6.07, 6.45) is 0. The van der Waals surface area contributed by atoms with Crippen molar-refractivity contribution in [2.45, 2.75) is 32.9 Å². The first-order valence-corrected chi connectivity index (χ1v) is 9.88. The number of aromatic nitrogens is 4. The van der Waals surface area contributed by atoms with E-state index in [0.29, 0.717) is 29.0 Å². The molecule has 0 saturated heterocycles.